The van der Waals surface area contributed by atoms with Gasteiger partial charge in [-0.1, -0.05) is 19.3 Å². The van der Waals surface area contributed by atoms with Crippen LogP contribution in [0.1, 0.15) is 73.5 Å². The fourth-order valence-corrected chi connectivity index (χ4v) is 4.13. The quantitative estimate of drug-likeness (QED) is 0.402. The third-order valence-electron chi connectivity index (χ3n) is 5.84. The molecular formula is C24H23NO6. The van der Waals surface area contributed by atoms with Gasteiger partial charge in [0.2, 0.25) is 0 Å². The zero-order chi connectivity index (χ0) is 22.0. The number of methoxy groups -OCH3 is 1. The molecule has 160 valence electrons. The van der Waals surface area contributed by atoms with Gasteiger partial charge in [-0.05, 0) is 55.3 Å². The summed E-state index contributed by atoms with van der Waals surface area (Å²) >= 11 is 0. The minimum absolute atomic E-state index is 0.0846. The number of Topliss-reactive ketones (excluding diaryl/α,β-unsaturated/α-hetero) is 1. The van der Waals surface area contributed by atoms with Crippen molar-refractivity contribution in [1.29, 1.82) is 0 Å². The topological polar surface area (TPSA) is 90.0 Å². The Morgan fingerprint density at radius 3 is 2.23 bits per heavy atom. The summed E-state index contributed by atoms with van der Waals surface area (Å²) in [6.07, 6.45) is 4.74. The van der Waals surface area contributed by atoms with Gasteiger partial charge in [0.1, 0.15) is 5.75 Å². The summed E-state index contributed by atoms with van der Waals surface area (Å²) in [6.45, 7) is -0.427. The van der Waals surface area contributed by atoms with E-state index in [0.717, 1.165) is 32.1 Å². The predicted molar refractivity (Wildman–Crippen MR) is 111 cm³/mol. The first-order valence-electron chi connectivity index (χ1n) is 10.4. The molecule has 0 atom stereocenters. The zero-order valence-electron chi connectivity index (χ0n) is 17.3. The minimum Gasteiger partial charge on any atom is -0.497 e. The molecule has 0 bridgehead atoms. The van der Waals surface area contributed by atoms with Gasteiger partial charge in [0.15, 0.2) is 12.4 Å². The molecule has 1 saturated carbocycles. The Morgan fingerprint density at radius 2 is 1.55 bits per heavy atom. The molecule has 1 aliphatic carbocycles. The van der Waals surface area contributed by atoms with E-state index in [2.05, 4.69) is 0 Å². The normalized spacial score (nSPS) is 16.2. The Morgan fingerprint density at radius 1 is 0.903 bits per heavy atom. The van der Waals surface area contributed by atoms with Gasteiger partial charge in [-0.25, -0.2) is 4.79 Å². The lowest BCUT2D eigenvalue weighted by molar-refractivity contribution is 0.0474. The van der Waals surface area contributed by atoms with E-state index in [4.69, 9.17) is 9.47 Å². The highest BCUT2D eigenvalue weighted by atomic mass is 16.5. The first-order valence-corrected chi connectivity index (χ1v) is 10.4. The average molecular weight is 421 g/mol. The maximum atomic E-state index is 12.9. The van der Waals surface area contributed by atoms with E-state index in [1.807, 2.05) is 0 Å². The first kappa shape index (κ1) is 20.8. The molecule has 7 nitrogen and oxygen atoms in total. The number of nitrogens with zero attached hydrogens (tertiary/aromatic N) is 1. The number of rotatable bonds is 6. The number of hydrogen-bond acceptors (Lipinski definition) is 6. The van der Waals surface area contributed by atoms with E-state index in [1.165, 1.54) is 30.2 Å². The number of imide groups is 1. The van der Waals surface area contributed by atoms with Crippen LogP contribution in [-0.4, -0.2) is 48.2 Å². The second-order valence-electron chi connectivity index (χ2n) is 7.76. The molecule has 2 aromatic rings. The van der Waals surface area contributed by atoms with Crippen LogP contribution >= 0.6 is 0 Å². The van der Waals surface area contributed by atoms with Crippen molar-refractivity contribution in [3.63, 3.8) is 0 Å². The number of ether oxygens (including phenoxy) is 2. The van der Waals surface area contributed by atoms with Crippen LogP contribution in [0.2, 0.25) is 0 Å². The lowest BCUT2D eigenvalue weighted by atomic mass is 9.94. The molecule has 7 heteroatoms. The molecule has 0 spiro atoms. The molecule has 2 amide bonds. The van der Waals surface area contributed by atoms with Gasteiger partial charge in [-0.15, -0.1) is 0 Å². The van der Waals surface area contributed by atoms with Crippen molar-refractivity contribution in [1.82, 2.24) is 4.90 Å². The van der Waals surface area contributed by atoms with Crippen molar-refractivity contribution >= 4 is 23.6 Å². The van der Waals surface area contributed by atoms with Gasteiger partial charge in [0.05, 0.1) is 23.8 Å². The largest absolute Gasteiger partial charge is 0.497 e. The van der Waals surface area contributed by atoms with E-state index in [0.29, 0.717) is 16.9 Å². The van der Waals surface area contributed by atoms with Gasteiger partial charge in [0.25, 0.3) is 11.8 Å². The Bertz CT molecular complexity index is 1040. The van der Waals surface area contributed by atoms with Crippen molar-refractivity contribution in [2.45, 2.75) is 38.1 Å². The van der Waals surface area contributed by atoms with Crippen molar-refractivity contribution < 1.29 is 28.7 Å². The third-order valence-corrected chi connectivity index (χ3v) is 5.84. The molecule has 0 N–H and O–H groups in total. The number of carbonyl (C=O) groups is 4. The minimum atomic E-state index is -0.721. The summed E-state index contributed by atoms with van der Waals surface area (Å²) in [4.78, 5) is 51.7. The molecule has 2 aromatic carbocycles. The molecule has 2 aliphatic rings. The van der Waals surface area contributed by atoms with Gasteiger partial charge in [-0.3, -0.25) is 19.3 Å². The van der Waals surface area contributed by atoms with Crippen LogP contribution in [-0.2, 0) is 4.74 Å². The van der Waals surface area contributed by atoms with Gasteiger partial charge in [-0.2, -0.15) is 0 Å². The molecular weight excluding hydrogens is 398 g/mol. The summed E-state index contributed by atoms with van der Waals surface area (Å²) in [6, 6.07) is 10.7. The number of amides is 2. The van der Waals surface area contributed by atoms with Crippen LogP contribution in [0.15, 0.2) is 42.5 Å². The number of ketones is 1. The predicted octanol–water partition coefficient (Wildman–Crippen LogP) is 3.66. The monoisotopic (exact) mass is 421 g/mol. The van der Waals surface area contributed by atoms with Crippen LogP contribution in [0.25, 0.3) is 0 Å². The highest BCUT2D eigenvalue weighted by molar-refractivity contribution is 6.22. The van der Waals surface area contributed by atoms with Gasteiger partial charge >= 0.3 is 5.97 Å². The lowest BCUT2D eigenvalue weighted by Crippen LogP contribution is -2.40. The van der Waals surface area contributed by atoms with Crippen LogP contribution in [0.3, 0.4) is 0 Å². The molecule has 4 rings (SSSR count). The Kier molecular flexibility index (Phi) is 5.84. The molecule has 0 radical (unpaired) electrons. The molecule has 0 aromatic heterocycles. The Hall–Kier alpha value is -3.48. The van der Waals surface area contributed by atoms with Crippen molar-refractivity contribution in [2.24, 2.45) is 0 Å². The molecule has 1 fully saturated rings. The van der Waals surface area contributed by atoms with Crippen molar-refractivity contribution in [3.05, 3.63) is 64.7 Å². The van der Waals surface area contributed by atoms with E-state index in [-0.39, 0.29) is 34.8 Å². The molecule has 0 saturated heterocycles. The Labute approximate surface area is 179 Å². The van der Waals surface area contributed by atoms with E-state index in [1.54, 1.807) is 24.3 Å². The van der Waals surface area contributed by atoms with Crippen molar-refractivity contribution in [3.8, 4) is 5.75 Å². The number of fused-ring (bicyclic) bond motifs is 1. The van der Waals surface area contributed by atoms with Crippen LogP contribution in [0.4, 0.5) is 0 Å². The maximum Gasteiger partial charge on any atom is 0.338 e. The van der Waals surface area contributed by atoms with E-state index >= 15 is 0 Å². The number of carbonyl (C=O) groups excluding carboxylic acids is 4. The summed E-state index contributed by atoms with van der Waals surface area (Å²) in [5, 5.41) is 0. The van der Waals surface area contributed by atoms with Crippen LogP contribution in [0.5, 0.6) is 5.75 Å². The average Bonchev–Trinajstić information content (AvgIpc) is 3.07. The fraction of sp³-hybridized carbons (Fsp3) is 0.333. The van der Waals surface area contributed by atoms with Gasteiger partial charge in [0, 0.05) is 11.6 Å². The summed E-state index contributed by atoms with van der Waals surface area (Å²) in [5.41, 5.74) is 1.05. The number of esters is 1. The third kappa shape index (κ3) is 4.08. The second-order valence-corrected chi connectivity index (χ2v) is 7.76. The highest BCUT2D eigenvalue weighted by Crippen LogP contribution is 2.31. The maximum absolute atomic E-state index is 12.9. The Balaban J connectivity index is 1.44. The molecule has 1 heterocycles. The smallest absolute Gasteiger partial charge is 0.338 e. The number of hydrogen-bond donors (Lipinski definition) is 0. The van der Waals surface area contributed by atoms with E-state index in [9.17, 15) is 19.2 Å². The number of benzene rings is 2. The van der Waals surface area contributed by atoms with Crippen LogP contribution in [0, 0.1) is 0 Å². The second kappa shape index (κ2) is 8.71. The van der Waals surface area contributed by atoms with Gasteiger partial charge < -0.3 is 9.47 Å². The summed E-state index contributed by atoms with van der Waals surface area (Å²) < 4.78 is 10.2. The molecule has 31 heavy (non-hydrogen) atoms. The summed E-state index contributed by atoms with van der Waals surface area (Å²) in [7, 11) is 1.53. The fourth-order valence-electron chi connectivity index (χ4n) is 4.13. The summed E-state index contributed by atoms with van der Waals surface area (Å²) in [5.74, 6) is -1.13. The zero-order valence-corrected chi connectivity index (χ0v) is 17.3. The lowest BCUT2D eigenvalue weighted by Gasteiger charge is -2.29. The first-order chi connectivity index (χ1) is 15.0. The standard InChI is InChI=1S/C24H23NO6/c1-30-18-10-7-15(8-11-18)21(26)14-31-24(29)16-9-12-19-20(13-16)23(28)25(22(19)27)17-5-3-2-4-6-17/h7-13,17H,2-6,14H2,1H3. The molecule has 0 unspecified atom stereocenters. The SMILES string of the molecule is COc1ccc(C(=O)COC(=O)c2ccc3c(c2)C(=O)N(C2CCCCC2)C3=O)cc1. The molecule has 1 aliphatic heterocycles. The van der Waals surface area contributed by atoms with Crippen LogP contribution < -0.4 is 4.74 Å². The van der Waals surface area contributed by atoms with Crippen molar-refractivity contribution in [2.75, 3.05) is 13.7 Å². The van der Waals surface area contributed by atoms with E-state index < -0.39 is 12.6 Å². The highest BCUT2D eigenvalue weighted by Gasteiger charge is 2.40.